The summed E-state index contributed by atoms with van der Waals surface area (Å²) in [4.78, 5) is 32.7. The van der Waals surface area contributed by atoms with Crippen LogP contribution in [0.5, 0.6) is 0 Å². The Hall–Kier alpha value is -2.25. The highest BCUT2D eigenvalue weighted by atomic mass is 32.1. The summed E-state index contributed by atoms with van der Waals surface area (Å²) in [6.07, 6.45) is 1.70. The number of rotatable bonds is 4. The van der Waals surface area contributed by atoms with Gasteiger partial charge < -0.3 is 5.11 Å². The topological polar surface area (TPSA) is 73.7 Å². The van der Waals surface area contributed by atoms with Crippen molar-refractivity contribution in [2.24, 2.45) is 0 Å². The molecule has 0 aromatic carbocycles. The molecule has 23 heavy (non-hydrogen) atoms. The summed E-state index contributed by atoms with van der Waals surface area (Å²) in [6, 6.07) is 7.23. The predicted molar refractivity (Wildman–Crippen MR) is 87.9 cm³/mol. The van der Waals surface area contributed by atoms with Crippen molar-refractivity contribution in [2.45, 2.75) is 13.5 Å². The van der Waals surface area contributed by atoms with Crippen molar-refractivity contribution in [2.75, 3.05) is 24.5 Å². The fourth-order valence-corrected chi connectivity index (χ4v) is 3.53. The molecule has 1 aliphatic heterocycles. The summed E-state index contributed by atoms with van der Waals surface area (Å²) < 4.78 is 0. The zero-order chi connectivity index (χ0) is 16.4. The molecule has 0 atom stereocenters. The molecule has 3 rings (SSSR count). The molecule has 1 fully saturated rings. The first-order valence-electron chi connectivity index (χ1n) is 7.31. The van der Waals surface area contributed by atoms with Crippen LogP contribution in [0.3, 0.4) is 0 Å². The number of nitrogens with zero attached hydrogens (tertiary/aromatic N) is 3. The van der Waals surface area contributed by atoms with E-state index in [0.717, 1.165) is 22.8 Å². The number of hydrogen-bond acceptors (Lipinski definition) is 5. The van der Waals surface area contributed by atoms with Gasteiger partial charge in [-0.1, -0.05) is 6.07 Å². The Bertz CT molecular complexity index is 744. The van der Waals surface area contributed by atoms with Gasteiger partial charge in [-0.2, -0.15) is 0 Å². The first-order chi connectivity index (χ1) is 11.0. The molecule has 0 spiro atoms. The molecule has 0 unspecified atom stereocenters. The molecule has 0 saturated carbocycles. The van der Waals surface area contributed by atoms with E-state index >= 15 is 0 Å². The molecule has 7 heteroatoms. The van der Waals surface area contributed by atoms with Gasteiger partial charge in [0.2, 0.25) is 5.91 Å². The highest BCUT2D eigenvalue weighted by Gasteiger charge is 2.27. The van der Waals surface area contributed by atoms with Crippen LogP contribution in [0.25, 0.3) is 0 Å². The minimum Gasteiger partial charge on any atom is -0.477 e. The molecule has 0 bridgehead atoms. The average molecular weight is 331 g/mol. The van der Waals surface area contributed by atoms with Gasteiger partial charge >= 0.3 is 5.97 Å². The summed E-state index contributed by atoms with van der Waals surface area (Å²) in [5.74, 6) is -0.165. The van der Waals surface area contributed by atoms with Crippen LogP contribution in [0.2, 0.25) is 0 Å². The normalized spacial score (nSPS) is 15.9. The Labute approximate surface area is 138 Å². The number of anilines is 1. The molecule has 6 nitrogen and oxygen atoms in total. The molecule has 2 aromatic rings. The van der Waals surface area contributed by atoms with E-state index in [0.29, 0.717) is 24.5 Å². The number of aromatic nitrogens is 1. The molecule has 120 valence electrons. The Morgan fingerprint density at radius 2 is 2.17 bits per heavy atom. The third-order valence-corrected chi connectivity index (χ3v) is 4.85. The van der Waals surface area contributed by atoms with Crippen molar-refractivity contribution in [3.8, 4) is 0 Å². The number of carboxylic acid groups (broad SMARTS) is 1. The number of piperazine rings is 1. The zero-order valence-electron chi connectivity index (χ0n) is 12.7. The maximum absolute atomic E-state index is 12.4. The molecule has 1 amide bonds. The van der Waals surface area contributed by atoms with E-state index in [1.807, 2.05) is 30.0 Å². The molecule has 1 saturated heterocycles. The number of thiophene rings is 1. The molecule has 1 N–H and O–H groups in total. The van der Waals surface area contributed by atoms with Crippen LogP contribution in [0, 0.1) is 6.92 Å². The maximum Gasteiger partial charge on any atom is 0.345 e. The van der Waals surface area contributed by atoms with E-state index in [2.05, 4.69) is 4.98 Å². The molecule has 0 aliphatic carbocycles. The number of amides is 1. The van der Waals surface area contributed by atoms with Gasteiger partial charge in [0.25, 0.3) is 0 Å². The van der Waals surface area contributed by atoms with Crippen molar-refractivity contribution in [3.05, 3.63) is 45.8 Å². The Balaban J connectivity index is 1.65. The first kappa shape index (κ1) is 15.6. The fraction of sp³-hybridized carbons (Fsp3) is 0.312. The third-order valence-electron chi connectivity index (χ3n) is 3.79. The lowest BCUT2D eigenvalue weighted by molar-refractivity contribution is -0.121. The first-order valence-corrected chi connectivity index (χ1v) is 8.12. The Kier molecular flexibility index (Phi) is 4.40. The minimum atomic E-state index is -0.909. The summed E-state index contributed by atoms with van der Waals surface area (Å²) in [5, 5.41) is 8.96. The second-order valence-corrected chi connectivity index (χ2v) is 6.64. The molecular weight excluding hydrogens is 314 g/mol. The second kappa shape index (κ2) is 6.47. The van der Waals surface area contributed by atoms with Gasteiger partial charge in [-0.3, -0.25) is 14.6 Å². The van der Waals surface area contributed by atoms with Gasteiger partial charge in [-0.25, -0.2) is 9.78 Å². The number of aromatic carboxylic acids is 1. The van der Waals surface area contributed by atoms with Crippen LogP contribution in [0.4, 0.5) is 5.82 Å². The molecule has 1 aliphatic rings. The van der Waals surface area contributed by atoms with Crippen molar-refractivity contribution in [1.29, 1.82) is 0 Å². The minimum absolute atomic E-state index is 0.0214. The summed E-state index contributed by atoms with van der Waals surface area (Å²) in [7, 11) is 0. The van der Waals surface area contributed by atoms with Crippen molar-refractivity contribution in [3.63, 3.8) is 0 Å². The maximum atomic E-state index is 12.4. The van der Waals surface area contributed by atoms with Crippen molar-refractivity contribution < 1.29 is 14.7 Å². The van der Waals surface area contributed by atoms with Crippen molar-refractivity contribution >= 4 is 29.0 Å². The number of aryl methyl sites for hydroxylation is 1. The van der Waals surface area contributed by atoms with Crippen LogP contribution in [0.1, 0.15) is 20.1 Å². The van der Waals surface area contributed by atoms with Gasteiger partial charge in [0.1, 0.15) is 10.7 Å². The smallest absolute Gasteiger partial charge is 0.345 e. The summed E-state index contributed by atoms with van der Waals surface area (Å²) >= 11 is 1.26. The Morgan fingerprint density at radius 3 is 2.83 bits per heavy atom. The van der Waals surface area contributed by atoms with Gasteiger partial charge in [0.05, 0.1) is 6.54 Å². The monoisotopic (exact) mass is 331 g/mol. The SMILES string of the molecule is Cc1cccnc1N1CCN(Cc2ccc(C(=O)O)s2)CC1=O. The summed E-state index contributed by atoms with van der Waals surface area (Å²) in [6.45, 7) is 4.19. The Morgan fingerprint density at radius 1 is 1.35 bits per heavy atom. The van der Waals surface area contributed by atoms with Crippen LogP contribution in [0.15, 0.2) is 30.5 Å². The van der Waals surface area contributed by atoms with E-state index < -0.39 is 5.97 Å². The van der Waals surface area contributed by atoms with Crippen LogP contribution in [-0.4, -0.2) is 46.5 Å². The molecule has 3 heterocycles. The lowest BCUT2D eigenvalue weighted by Gasteiger charge is -2.34. The third kappa shape index (κ3) is 3.40. The summed E-state index contributed by atoms with van der Waals surface area (Å²) in [5.41, 5.74) is 0.985. The van der Waals surface area contributed by atoms with Crippen LogP contribution < -0.4 is 4.90 Å². The largest absolute Gasteiger partial charge is 0.477 e. The van der Waals surface area contributed by atoms with E-state index in [-0.39, 0.29) is 5.91 Å². The highest BCUT2D eigenvalue weighted by molar-refractivity contribution is 7.13. The van der Waals surface area contributed by atoms with Gasteiger partial charge in [0.15, 0.2) is 0 Å². The van der Waals surface area contributed by atoms with Crippen LogP contribution >= 0.6 is 11.3 Å². The average Bonchev–Trinajstić information content (AvgIpc) is 2.97. The lowest BCUT2D eigenvalue weighted by Crippen LogP contribution is -2.50. The fourth-order valence-electron chi connectivity index (χ4n) is 2.64. The number of carbonyl (C=O) groups is 2. The number of pyridine rings is 1. The zero-order valence-corrected chi connectivity index (χ0v) is 13.5. The number of carboxylic acids is 1. The van der Waals surface area contributed by atoms with Gasteiger partial charge in [-0.15, -0.1) is 11.3 Å². The van der Waals surface area contributed by atoms with E-state index in [1.165, 1.54) is 11.3 Å². The highest BCUT2D eigenvalue weighted by Crippen LogP contribution is 2.22. The van der Waals surface area contributed by atoms with Gasteiger partial charge in [-0.05, 0) is 30.7 Å². The number of carbonyl (C=O) groups excluding carboxylic acids is 1. The van der Waals surface area contributed by atoms with E-state index in [1.54, 1.807) is 17.2 Å². The second-order valence-electron chi connectivity index (χ2n) is 5.47. The molecular formula is C16H17N3O3S. The van der Waals surface area contributed by atoms with Gasteiger partial charge in [0, 0.05) is 30.7 Å². The standard InChI is InChI=1S/C16H17N3O3S/c1-11-3-2-6-17-15(11)19-8-7-18(10-14(19)20)9-12-4-5-13(23-12)16(21)22/h2-6H,7-10H2,1H3,(H,21,22). The van der Waals surface area contributed by atoms with E-state index in [4.69, 9.17) is 5.11 Å². The quantitative estimate of drug-likeness (QED) is 0.927. The van der Waals surface area contributed by atoms with Crippen LogP contribution in [-0.2, 0) is 11.3 Å². The molecule has 2 aromatic heterocycles. The molecule has 0 radical (unpaired) electrons. The lowest BCUT2D eigenvalue weighted by atomic mass is 10.2. The van der Waals surface area contributed by atoms with E-state index in [9.17, 15) is 9.59 Å². The van der Waals surface area contributed by atoms with Crippen molar-refractivity contribution in [1.82, 2.24) is 9.88 Å². The predicted octanol–water partition coefficient (Wildman–Crippen LogP) is 2.00. The number of hydrogen-bond donors (Lipinski definition) is 1.